The number of benzene rings is 1. The van der Waals surface area contributed by atoms with E-state index in [-0.39, 0.29) is 12.0 Å². The van der Waals surface area contributed by atoms with Crippen LogP contribution in [0.25, 0.3) is 0 Å². The minimum absolute atomic E-state index is 0.00835. The molecule has 0 spiro atoms. The molecule has 2 rings (SSSR count). The van der Waals surface area contributed by atoms with E-state index in [4.69, 9.17) is 10.5 Å². The van der Waals surface area contributed by atoms with Crippen LogP contribution in [0, 0.1) is 0 Å². The fourth-order valence-electron chi connectivity index (χ4n) is 2.58. The Kier molecular flexibility index (Phi) is 4.98. The van der Waals surface area contributed by atoms with Crippen LogP contribution in [-0.2, 0) is 9.53 Å². The summed E-state index contributed by atoms with van der Waals surface area (Å²) >= 11 is 0. The van der Waals surface area contributed by atoms with Gasteiger partial charge < -0.3 is 20.7 Å². The van der Waals surface area contributed by atoms with Gasteiger partial charge in [-0.05, 0) is 38.6 Å². The van der Waals surface area contributed by atoms with E-state index in [0.29, 0.717) is 18.2 Å². The number of ether oxygens (including phenoxy) is 1. The van der Waals surface area contributed by atoms with Crippen LogP contribution >= 0.6 is 0 Å². The van der Waals surface area contributed by atoms with Crippen LogP contribution in [-0.4, -0.2) is 43.2 Å². The fraction of sp³-hybridized carbons (Fsp3) is 0.533. The molecule has 2 atom stereocenters. The minimum Gasteiger partial charge on any atom is -0.399 e. The molecule has 0 bridgehead atoms. The fourth-order valence-corrected chi connectivity index (χ4v) is 2.58. The Labute approximate surface area is 120 Å². The molecule has 0 radical (unpaired) electrons. The van der Waals surface area contributed by atoms with Crippen LogP contribution in [0.2, 0.25) is 0 Å². The molecule has 1 saturated heterocycles. The van der Waals surface area contributed by atoms with Crippen LogP contribution in [0.1, 0.15) is 19.8 Å². The Morgan fingerprint density at radius 1 is 1.55 bits per heavy atom. The Balaban J connectivity index is 1.77. The van der Waals surface area contributed by atoms with Gasteiger partial charge in [-0.25, -0.2) is 0 Å². The minimum atomic E-state index is 0.00835. The molecule has 110 valence electrons. The first kappa shape index (κ1) is 14.8. The van der Waals surface area contributed by atoms with Crippen molar-refractivity contribution in [2.45, 2.75) is 31.9 Å². The maximum Gasteiger partial charge on any atom is 0.225 e. The second-order valence-corrected chi connectivity index (χ2v) is 5.34. The summed E-state index contributed by atoms with van der Waals surface area (Å²) < 4.78 is 5.55. The Bertz CT molecular complexity index is 464. The molecule has 1 aliphatic rings. The first-order chi connectivity index (χ1) is 9.56. The van der Waals surface area contributed by atoms with Crippen molar-refractivity contribution in [3.05, 3.63) is 24.3 Å². The summed E-state index contributed by atoms with van der Waals surface area (Å²) in [6.07, 6.45) is 1.75. The highest BCUT2D eigenvalue weighted by molar-refractivity contribution is 5.91. The Morgan fingerprint density at radius 3 is 3.00 bits per heavy atom. The van der Waals surface area contributed by atoms with Crippen molar-refractivity contribution in [1.29, 1.82) is 0 Å². The topological polar surface area (TPSA) is 67.6 Å². The molecule has 0 aliphatic carbocycles. The number of likely N-dealkylation sites (N-methyl/N-ethyl adjacent to an activating group) is 1. The standard InChI is InChI=1S/C15H23N3O2/c1-11-14(7-9-20-11)18(2)8-6-15(19)17-13-5-3-4-12(16)10-13/h3-5,10-11,14H,6-9,16H2,1-2H3,(H,17,19). The number of amides is 1. The summed E-state index contributed by atoms with van der Waals surface area (Å²) in [7, 11) is 2.05. The lowest BCUT2D eigenvalue weighted by atomic mass is 10.1. The molecule has 1 aromatic rings. The van der Waals surface area contributed by atoms with E-state index in [1.165, 1.54) is 0 Å². The molecule has 5 nitrogen and oxygen atoms in total. The maximum atomic E-state index is 11.9. The number of nitrogens with one attached hydrogen (secondary N) is 1. The van der Waals surface area contributed by atoms with Crippen LogP contribution in [0.5, 0.6) is 0 Å². The highest BCUT2D eigenvalue weighted by Gasteiger charge is 2.27. The number of nitrogens with zero attached hydrogens (tertiary/aromatic N) is 1. The summed E-state index contributed by atoms with van der Waals surface area (Å²) in [4.78, 5) is 14.1. The van der Waals surface area contributed by atoms with Gasteiger partial charge >= 0.3 is 0 Å². The van der Waals surface area contributed by atoms with Gasteiger partial charge in [-0.2, -0.15) is 0 Å². The number of carbonyl (C=O) groups is 1. The van der Waals surface area contributed by atoms with Gasteiger partial charge in [0.2, 0.25) is 5.91 Å². The SMILES string of the molecule is CC1OCCC1N(C)CCC(=O)Nc1cccc(N)c1. The van der Waals surface area contributed by atoms with Gasteiger partial charge in [0.15, 0.2) is 0 Å². The molecular weight excluding hydrogens is 254 g/mol. The van der Waals surface area contributed by atoms with E-state index >= 15 is 0 Å². The lowest BCUT2D eigenvalue weighted by molar-refractivity contribution is -0.116. The molecule has 1 heterocycles. The average Bonchev–Trinajstić information content (AvgIpc) is 2.82. The van der Waals surface area contributed by atoms with Gasteiger partial charge in [0.05, 0.1) is 6.10 Å². The number of nitrogens with two attached hydrogens (primary N) is 1. The lowest BCUT2D eigenvalue weighted by Crippen LogP contribution is -2.38. The van der Waals surface area contributed by atoms with Gasteiger partial charge in [0, 0.05) is 37.0 Å². The quantitative estimate of drug-likeness (QED) is 0.804. The van der Waals surface area contributed by atoms with E-state index in [0.717, 1.165) is 25.3 Å². The molecule has 1 aromatic carbocycles. The highest BCUT2D eigenvalue weighted by atomic mass is 16.5. The predicted molar refractivity (Wildman–Crippen MR) is 80.6 cm³/mol. The predicted octanol–water partition coefficient (Wildman–Crippen LogP) is 1.71. The first-order valence-electron chi connectivity index (χ1n) is 7.03. The summed E-state index contributed by atoms with van der Waals surface area (Å²) in [6.45, 7) is 3.62. The van der Waals surface area contributed by atoms with Crippen molar-refractivity contribution in [2.75, 3.05) is 31.2 Å². The molecule has 1 fully saturated rings. The molecule has 2 unspecified atom stereocenters. The molecule has 1 aliphatic heterocycles. The molecule has 0 saturated carbocycles. The molecule has 5 heteroatoms. The van der Waals surface area contributed by atoms with Crippen molar-refractivity contribution in [3.63, 3.8) is 0 Å². The molecule has 3 N–H and O–H groups in total. The molecular formula is C15H23N3O2. The third-order valence-corrected chi connectivity index (χ3v) is 3.76. The zero-order valence-electron chi connectivity index (χ0n) is 12.1. The summed E-state index contributed by atoms with van der Waals surface area (Å²) in [5, 5.41) is 2.86. The molecule has 1 amide bonds. The number of hydrogen-bond acceptors (Lipinski definition) is 4. The summed E-state index contributed by atoms with van der Waals surface area (Å²) in [5.74, 6) is 0.00835. The number of anilines is 2. The van der Waals surface area contributed by atoms with Crippen molar-refractivity contribution in [2.24, 2.45) is 0 Å². The van der Waals surface area contributed by atoms with E-state index < -0.39 is 0 Å². The largest absolute Gasteiger partial charge is 0.399 e. The van der Waals surface area contributed by atoms with Gasteiger partial charge in [-0.15, -0.1) is 0 Å². The maximum absolute atomic E-state index is 11.9. The Morgan fingerprint density at radius 2 is 2.35 bits per heavy atom. The molecule has 20 heavy (non-hydrogen) atoms. The van der Waals surface area contributed by atoms with Gasteiger partial charge in [0.25, 0.3) is 0 Å². The second-order valence-electron chi connectivity index (χ2n) is 5.34. The molecule has 0 aromatic heterocycles. The van der Waals surface area contributed by atoms with Crippen LogP contribution in [0.15, 0.2) is 24.3 Å². The first-order valence-corrected chi connectivity index (χ1v) is 7.03. The lowest BCUT2D eigenvalue weighted by Gasteiger charge is -2.26. The van der Waals surface area contributed by atoms with Gasteiger partial charge in [-0.3, -0.25) is 4.79 Å². The van der Waals surface area contributed by atoms with E-state index in [1.54, 1.807) is 12.1 Å². The monoisotopic (exact) mass is 277 g/mol. The van der Waals surface area contributed by atoms with Crippen LogP contribution in [0.4, 0.5) is 11.4 Å². The summed E-state index contributed by atoms with van der Waals surface area (Å²) in [5.41, 5.74) is 7.08. The smallest absolute Gasteiger partial charge is 0.225 e. The normalized spacial score (nSPS) is 22.1. The van der Waals surface area contributed by atoms with Crippen molar-refractivity contribution < 1.29 is 9.53 Å². The van der Waals surface area contributed by atoms with Crippen LogP contribution in [0.3, 0.4) is 0 Å². The third kappa shape index (κ3) is 3.95. The number of carbonyl (C=O) groups excluding carboxylic acids is 1. The Hall–Kier alpha value is -1.59. The second kappa shape index (κ2) is 6.72. The number of nitrogen functional groups attached to an aromatic ring is 1. The van der Waals surface area contributed by atoms with Crippen molar-refractivity contribution in [3.8, 4) is 0 Å². The van der Waals surface area contributed by atoms with E-state index in [9.17, 15) is 4.79 Å². The van der Waals surface area contributed by atoms with Gasteiger partial charge in [0.1, 0.15) is 0 Å². The van der Waals surface area contributed by atoms with E-state index in [2.05, 4.69) is 17.1 Å². The van der Waals surface area contributed by atoms with Crippen molar-refractivity contribution >= 4 is 17.3 Å². The van der Waals surface area contributed by atoms with E-state index in [1.807, 2.05) is 19.2 Å². The van der Waals surface area contributed by atoms with Crippen molar-refractivity contribution in [1.82, 2.24) is 4.90 Å². The summed E-state index contributed by atoms with van der Waals surface area (Å²) in [6, 6.07) is 7.63. The van der Waals surface area contributed by atoms with Crippen LogP contribution < -0.4 is 11.1 Å². The third-order valence-electron chi connectivity index (χ3n) is 3.76. The number of rotatable bonds is 5. The average molecular weight is 277 g/mol. The van der Waals surface area contributed by atoms with Gasteiger partial charge in [-0.1, -0.05) is 6.07 Å². The zero-order valence-corrected chi connectivity index (χ0v) is 12.1. The number of hydrogen-bond donors (Lipinski definition) is 2. The highest BCUT2D eigenvalue weighted by Crippen LogP contribution is 2.18. The zero-order chi connectivity index (χ0) is 14.5.